The van der Waals surface area contributed by atoms with Crippen LogP contribution in [-0.4, -0.2) is 37.9 Å². The van der Waals surface area contributed by atoms with Gasteiger partial charge in [0.05, 0.1) is 12.9 Å². The molecule has 6 heteroatoms. The Kier molecular flexibility index (Phi) is 7.12. The number of nitrogens with zero attached hydrogens (tertiary/aromatic N) is 4. The lowest BCUT2D eigenvalue weighted by Crippen LogP contribution is -2.46. The van der Waals surface area contributed by atoms with Crippen molar-refractivity contribution in [2.75, 3.05) is 43.0 Å². The highest BCUT2D eigenvalue weighted by molar-refractivity contribution is 7.74. The summed E-state index contributed by atoms with van der Waals surface area (Å²) in [5.41, 5.74) is 5.69. The number of para-hydroxylation sites is 2. The molecule has 2 aliphatic heterocycles. The fraction of sp³-hybridized carbons (Fsp3) is 0.235. The first kappa shape index (κ1) is 26.6. The molecule has 2 aliphatic rings. The van der Waals surface area contributed by atoms with Gasteiger partial charge in [-0.1, -0.05) is 80.6 Å². The van der Waals surface area contributed by atoms with E-state index in [0.29, 0.717) is 0 Å². The second-order valence-corrected chi connectivity index (χ2v) is 13.9. The molecular formula is C34H36FN4P. The molecule has 204 valence electrons. The maximum Gasteiger partial charge on any atom is 0.123 e. The molecule has 0 aliphatic carbocycles. The van der Waals surface area contributed by atoms with Crippen LogP contribution in [0.4, 0.5) is 21.5 Å². The SMILES string of the molecule is CN1/C(=C\[P@@](=Nc2ccc(F)cc2)(c2ccccc2)N2CCN(c3ccccc3)CC2)C(C)(C)c2ccccc21. The summed E-state index contributed by atoms with van der Waals surface area (Å²) in [6.45, 7) is 8.21. The molecule has 4 aromatic rings. The molecule has 0 amide bonds. The van der Waals surface area contributed by atoms with Gasteiger partial charge < -0.3 is 9.80 Å². The normalized spacial score (nSPS) is 19.4. The lowest BCUT2D eigenvalue weighted by atomic mass is 9.84. The van der Waals surface area contributed by atoms with Gasteiger partial charge in [0.1, 0.15) is 5.82 Å². The minimum absolute atomic E-state index is 0.185. The van der Waals surface area contributed by atoms with Crippen LogP contribution in [-0.2, 0) is 5.41 Å². The lowest BCUT2D eigenvalue weighted by molar-refractivity contribution is 0.417. The van der Waals surface area contributed by atoms with Crippen molar-refractivity contribution in [2.45, 2.75) is 19.3 Å². The Morgan fingerprint density at radius 1 is 0.750 bits per heavy atom. The van der Waals surface area contributed by atoms with Gasteiger partial charge in [-0.05, 0) is 53.8 Å². The molecule has 40 heavy (non-hydrogen) atoms. The zero-order chi connectivity index (χ0) is 27.7. The number of hydrogen-bond donors (Lipinski definition) is 0. The predicted molar refractivity (Wildman–Crippen MR) is 168 cm³/mol. The van der Waals surface area contributed by atoms with Crippen LogP contribution in [0.1, 0.15) is 19.4 Å². The Hall–Kier alpha value is -3.66. The number of rotatable bonds is 5. The van der Waals surface area contributed by atoms with Crippen LogP contribution < -0.4 is 15.1 Å². The maximum absolute atomic E-state index is 14.0. The molecule has 0 aromatic heterocycles. The van der Waals surface area contributed by atoms with E-state index in [9.17, 15) is 4.39 Å². The summed E-state index contributed by atoms with van der Waals surface area (Å²) in [6.07, 6.45) is 0. The van der Waals surface area contributed by atoms with Crippen LogP contribution >= 0.6 is 7.21 Å². The zero-order valence-electron chi connectivity index (χ0n) is 23.4. The molecule has 1 atom stereocenters. The van der Waals surface area contributed by atoms with E-state index in [4.69, 9.17) is 4.74 Å². The van der Waals surface area contributed by atoms with Crippen LogP contribution in [0, 0.1) is 5.82 Å². The number of halogens is 1. The Morgan fingerprint density at radius 3 is 2.00 bits per heavy atom. The highest BCUT2D eigenvalue weighted by Gasteiger charge is 2.41. The molecule has 4 aromatic carbocycles. The van der Waals surface area contributed by atoms with Gasteiger partial charge in [0.15, 0.2) is 0 Å². The lowest BCUT2D eigenvalue weighted by Gasteiger charge is -2.43. The van der Waals surface area contributed by atoms with Crippen molar-refractivity contribution in [1.82, 2.24) is 4.67 Å². The predicted octanol–water partition coefficient (Wildman–Crippen LogP) is 7.99. The first-order valence-electron chi connectivity index (χ1n) is 13.9. The monoisotopic (exact) mass is 550 g/mol. The van der Waals surface area contributed by atoms with Crippen LogP contribution in [0.25, 0.3) is 0 Å². The number of piperazine rings is 1. The molecule has 1 fully saturated rings. The van der Waals surface area contributed by atoms with Gasteiger partial charge in [-0.15, -0.1) is 0 Å². The number of allylic oxidation sites excluding steroid dienone is 1. The highest BCUT2D eigenvalue weighted by Crippen LogP contribution is 2.60. The van der Waals surface area contributed by atoms with Gasteiger partial charge in [0, 0.05) is 61.0 Å². The van der Waals surface area contributed by atoms with Gasteiger partial charge in [-0.2, -0.15) is 0 Å². The molecule has 1 saturated heterocycles. The number of benzene rings is 4. The third-order valence-corrected chi connectivity index (χ3v) is 11.7. The van der Waals surface area contributed by atoms with Crippen molar-refractivity contribution in [2.24, 2.45) is 4.74 Å². The average molecular weight is 551 g/mol. The van der Waals surface area contributed by atoms with Crippen molar-refractivity contribution in [3.05, 3.63) is 132 Å². The second-order valence-electron chi connectivity index (χ2n) is 11.1. The smallest absolute Gasteiger partial charge is 0.123 e. The van der Waals surface area contributed by atoms with E-state index in [-0.39, 0.29) is 11.2 Å². The number of anilines is 2. The van der Waals surface area contributed by atoms with E-state index in [2.05, 4.69) is 126 Å². The van der Waals surface area contributed by atoms with E-state index in [1.807, 2.05) is 12.1 Å². The summed E-state index contributed by atoms with van der Waals surface area (Å²) in [5, 5.41) is 1.21. The minimum Gasteiger partial charge on any atom is -0.369 e. The largest absolute Gasteiger partial charge is 0.369 e. The highest BCUT2D eigenvalue weighted by atomic mass is 31.2. The Morgan fingerprint density at radius 2 is 1.35 bits per heavy atom. The van der Waals surface area contributed by atoms with Gasteiger partial charge in [-0.25, -0.2) is 9.14 Å². The molecule has 0 saturated carbocycles. The van der Waals surface area contributed by atoms with Gasteiger partial charge in [0.2, 0.25) is 0 Å². The summed E-state index contributed by atoms with van der Waals surface area (Å²) in [6, 6.07) is 36.7. The van der Waals surface area contributed by atoms with E-state index in [1.54, 1.807) is 0 Å². The van der Waals surface area contributed by atoms with Crippen LogP contribution in [0.3, 0.4) is 0 Å². The van der Waals surface area contributed by atoms with Gasteiger partial charge >= 0.3 is 0 Å². The molecule has 0 unspecified atom stereocenters. The van der Waals surface area contributed by atoms with E-state index < -0.39 is 7.21 Å². The van der Waals surface area contributed by atoms with Crippen molar-refractivity contribution in [3.8, 4) is 0 Å². The molecule has 0 bridgehead atoms. The molecule has 0 spiro atoms. The molecular weight excluding hydrogens is 514 g/mol. The quantitative estimate of drug-likeness (QED) is 0.235. The van der Waals surface area contributed by atoms with Crippen molar-refractivity contribution in [3.63, 3.8) is 0 Å². The van der Waals surface area contributed by atoms with E-state index in [1.165, 1.54) is 40.1 Å². The number of fused-ring (bicyclic) bond motifs is 1. The van der Waals surface area contributed by atoms with Crippen molar-refractivity contribution in [1.29, 1.82) is 0 Å². The van der Waals surface area contributed by atoms with Crippen molar-refractivity contribution < 1.29 is 4.39 Å². The van der Waals surface area contributed by atoms with Crippen LogP contribution in [0.2, 0.25) is 0 Å². The number of likely N-dealkylation sites (N-methyl/N-ethyl adjacent to an activating group) is 1. The zero-order valence-corrected chi connectivity index (χ0v) is 24.3. The summed E-state index contributed by atoms with van der Waals surface area (Å²) >= 11 is 0. The molecule has 4 nitrogen and oxygen atoms in total. The van der Waals surface area contributed by atoms with Gasteiger partial charge in [0.25, 0.3) is 0 Å². The first-order valence-corrected chi connectivity index (χ1v) is 15.7. The first-order chi connectivity index (χ1) is 19.4. The fourth-order valence-electron chi connectivity index (χ4n) is 6.10. The third-order valence-electron chi connectivity index (χ3n) is 8.28. The fourth-order valence-corrected chi connectivity index (χ4v) is 9.76. The summed E-state index contributed by atoms with van der Waals surface area (Å²) in [7, 11) is -0.297. The molecule has 2 heterocycles. The second kappa shape index (κ2) is 10.7. The standard InChI is InChI=1S/C34H36FN4P/c1-34(2)31-16-10-11-17-32(31)37(3)33(34)26-40(30-14-8-5-9-15-30,36-28-20-18-27(35)19-21-28)39-24-22-38(23-25-39)29-12-6-4-7-13-29/h4-21,26H,22-25H2,1-3H3/b33-26-/t40-/m0/s1. The Bertz CT molecular complexity index is 1560. The van der Waals surface area contributed by atoms with E-state index >= 15 is 0 Å². The van der Waals surface area contributed by atoms with Crippen LogP contribution in [0.15, 0.2) is 125 Å². The molecule has 0 radical (unpaired) electrons. The van der Waals surface area contributed by atoms with Crippen molar-refractivity contribution >= 4 is 29.6 Å². The van der Waals surface area contributed by atoms with E-state index in [0.717, 1.165) is 31.9 Å². The third kappa shape index (κ3) is 4.78. The summed E-state index contributed by atoms with van der Waals surface area (Å²) in [4.78, 5) is 4.80. The van der Waals surface area contributed by atoms with Crippen LogP contribution in [0.5, 0.6) is 0 Å². The molecule has 0 N–H and O–H groups in total. The topological polar surface area (TPSA) is 22.1 Å². The Labute approximate surface area is 237 Å². The Balaban J connectivity index is 1.53. The van der Waals surface area contributed by atoms with Gasteiger partial charge in [-0.3, -0.25) is 4.67 Å². The minimum atomic E-state index is -2.47. The summed E-state index contributed by atoms with van der Waals surface area (Å²) < 4.78 is 22.2. The maximum atomic E-state index is 14.0. The molecule has 6 rings (SSSR count). The summed E-state index contributed by atoms with van der Waals surface area (Å²) in [5.74, 6) is 2.23. The average Bonchev–Trinajstić information content (AvgIpc) is 3.19. The number of hydrogen-bond acceptors (Lipinski definition) is 3.